The Balaban J connectivity index is 1.77. The summed E-state index contributed by atoms with van der Waals surface area (Å²) in [5.41, 5.74) is 6.58. The van der Waals surface area contributed by atoms with Gasteiger partial charge in [0.2, 0.25) is 0 Å². The minimum Gasteiger partial charge on any atom is -0.493 e. The Bertz CT molecular complexity index is 753. The van der Waals surface area contributed by atoms with E-state index < -0.39 is 0 Å². The number of aryl methyl sites for hydroxylation is 1. The molecule has 0 fully saturated rings. The van der Waals surface area contributed by atoms with Crippen LogP contribution in [0.1, 0.15) is 47.7 Å². The molecule has 0 spiro atoms. The van der Waals surface area contributed by atoms with Gasteiger partial charge in [-0.2, -0.15) is 5.10 Å². The first-order valence-electron chi connectivity index (χ1n) is 8.46. The van der Waals surface area contributed by atoms with Gasteiger partial charge in [0.15, 0.2) is 0 Å². The van der Waals surface area contributed by atoms with Gasteiger partial charge in [-0.15, -0.1) is 0 Å². The van der Waals surface area contributed by atoms with Crippen LogP contribution >= 0.6 is 0 Å². The molecule has 3 rings (SSSR count). The first kappa shape index (κ1) is 16.2. The van der Waals surface area contributed by atoms with E-state index in [9.17, 15) is 4.79 Å². The molecule has 24 heavy (non-hydrogen) atoms. The fourth-order valence-corrected chi connectivity index (χ4v) is 2.89. The van der Waals surface area contributed by atoms with Gasteiger partial charge in [0.25, 0.3) is 5.91 Å². The van der Waals surface area contributed by atoms with Crippen LogP contribution < -0.4 is 10.2 Å². The summed E-state index contributed by atoms with van der Waals surface area (Å²) < 4.78 is 5.65. The summed E-state index contributed by atoms with van der Waals surface area (Å²) in [4.78, 5) is 12.5. The summed E-state index contributed by atoms with van der Waals surface area (Å²) in [6.07, 6.45) is 3.90. The van der Waals surface area contributed by atoms with Crippen molar-refractivity contribution in [3.05, 3.63) is 65.2 Å². The van der Waals surface area contributed by atoms with E-state index in [2.05, 4.69) is 22.7 Å². The van der Waals surface area contributed by atoms with Crippen LogP contribution in [0.4, 0.5) is 0 Å². The highest BCUT2D eigenvalue weighted by molar-refractivity contribution is 6.04. The van der Waals surface area contributed by atoms with Crippen LogP contribution in [0.5, 0.6) is 5.75 Å². The highest BCUT2D eigenvalue weighted by Crippen LogP contribution is 2.22. The Morgan fingerprint density at radius 2 is 1.92 bits per heavy atom. The smallest absolute Gasteiger partial charge is 0.275 e. The highest BCUT2D eigenvalue weighted by atomic mass is 16.5. The van der Waals surface area contributed by atoms with Crippen LogP contribution in [0, 0.1) is 0 Å². The van der Waals surface area contributed by atoms with E-state index in [1.165, 1.54) is 5.56 Å². The minimum absolute atomic E-state index is 0.239. The molecule has 0 radical (unpaired) electrons. The molecule has 0 saturated heterocycles. The van der Waals surface area contributed by atoms with Gasteiger partial charge in [0.1, 0.15) is 5.75 Å². The molecule has 0 unspecified atom stereocenters. The normalized spacial score (nSPS) is 15.0. The van der Waals surface area contributed by atoms with Crippen molar-refractivity contribution in [3.63, 3.8) is 0 Å². The van der Waals surface area contributed by atoms with Crippen molar-refractivity contribution in [2.75, 3.05) is 6.61 Å². The fourth-order valence-electron chi connectivity index (χ4n) is 2.89. The number of carbonyl (C=O) groups excluding carboxylic acids is 1. The Hall–Kier alpha value is -2.62. The molecular weight excluding hydrogens is 300 g/mol. The molecule has 0 saturated carbocycles. The third-order valence-electron chi connectivity index (χ3n) is 4.07. The predicted molar refractivity (Wildman–Crippen MR) is 95.6 cm³/mol. The maximum absolute atomic E-state index is 12.5. The second-order valence-electron chi connectivity index (χ2n) is 5.85. The number of nitrogens with zero attached hydrogens (tertiary/aromatic N) is 1. The maximum atomic E-state index is 12.5. The molecule has 0 bridgehead atoms. The molecule has 1 N–H and O–H groups in total. The summed E-state index contributed by atoms with van der Waals surface area (Å²) >= 11 is 0. The SMILES string of the molecule is CCCOc1ccccc1C(=O)N/N=C1\CCCc2ccccc21. The van der Waals surface area contributed by atoms with Crippen molar-refractivity contribution in [1.29, 1.82) is 0 Å². The highest BCUT2D eigenvalue weighted by Gasteiger charge is 2.16. The summed E-state index contributed by atoms with van der Waals surface area (Å²) in [6.45, 7) is 2.63. The third kappa shape index (κ3) is 3.65. The van der Waals surface area contributed by atoms with Crippen molar-refractivity contribution in [2.45, 2.75) is 32.6 Å². The zero-order chi connectivity index (χ0) is 16.8. The molecule has 0 heterocycles. The quantitative estimate of drug-likeness (QED) is 0.848. The number of nitrogens with one attached hydrogen (secondary N) is 1. The Morgan fingerprint density at radius 1 is 1.12 bits per heavy atom. The van der Waals surface area contributed by atoms with Crippen molar-refractivity contribution < 1.29 is 9.53 Å². The van der Waals surface area contributed by atoms with E-state index in [1.54, 1.807) is 6.07 Å². The van der Waals surface area contributed by atoms with E-state index >= 15 is 0 Å². The number of fused-ring (bicyclic) bond motifs is 1. The number of carbonyl (C=O) groups is 1. The van der Waals surface area contributed by atoms with E-state index in [1.807, 2.05) is 37.3 Å². The molecule has 124 valence electrons. The molecule has 0 aliphatic heterocycles. The lowest BCUT2D eigenvalue weighted by Gasteiger charge is -2.17. The monoisotopic (exact) mass is 322 g/mol. The molecule has 2 aromatic carbocycles. The molecule has 0 atom stereocenters. The second kappa shape index (κ2) is 7.77. The van der Waals surface area contributed by atoms with E-state index in [-0.39, 0.29) is 5.91 Å². The number of para-hydroxylation sites is 1. The van der Waals surface area contributed by atoms with Gasteiger partial charge < -0.3 is 4.74 Å². The number of rotatable bonds is 5. The van der Waals surface area contributed by atoms with Crippen molar-refractivity contribution in [3.8, 4) is 5.75 Å². The molecule has 1 amide bonds. The zero-order valence-corrected chi connectivity index (χ0v) is 13.9. The van der Waals surface area contributed by atoms with Crippen molar-refractivity contribution in [2.24, 2.45) is 5.10 Å². The average Bonchev–Trinajstić information content (AvgIpc) is 2.64. The predicted octanol–water partition coefficient (Wildman–Crippen LogP) is 3.95. The molecule has 0 aromatic heterocycles. The van der Waals surface area contributed by atoms with Gasteiger partial charge in [-0.1, -0.05) is 43.3 Å². The second-order valence-corrected chi connectivity index (χ2v) is 5.85. The fraction of sp³-hybridized carbons (Fsp3) is 0.300. The standard InChI is InChI=1S/C20H22N2O2/c1-2-14-24-19-13-6-5-11-17(19)20(23)22-21-18-12-7-9-15-8-3-4-10-16(15)18/h3-6,8,10-11,13H,2,7,9,12,14H2,1H3,(H,22,23)/b21-18+. The van der Waals surface area contributed by atoms with Gasteiger partial charge in [0.05, 0.1) is 17.9 Å². The number of hydrogen-bond acceptors (Lipinski definition) is 3. The Morgan fingerprint density at radius 3 is 2.79 bits per heavy atom. The van der Waals surface area contributed by atoms with E-state index in [4.69, 9.17) is 4.74 Å². The van der Waals surface area contributed by atoms with Crippen LogP contribution in [0.15, 0.2) is 53.6 Å². The van der Waals surface area contributed by atoms with Crippen LogP contribution in [0.2, 0.25) is 0 Å². The van der Waals surface area contributed by atoms with Crippen LogP contribution in [-0.4, -0.2) is 18.2 Å². The molecule has 1 aliphatic carbocycles. The Kier molecular flexibility index (Phi) is 5.26. The van der Waals surface area contributed by atoms with Crippen LogP contribution in [-0.2, 0) is 6.42 Å². The topological polar surface area (TPSA) is 50.7 Å². The summed E-state index contributed by atoms with van der Waals surface area (Å²) in [5.74, 6) is 0.360. The number of ether oxygens (including phenoxy) is 1. The van der Waals surface area contributed by atoms with Crippen LogP contribution in [0.25, 0.3) is 0 Å². The number of benzene rings is 2. The largest absolute Gasteiger partial charge is 0.493 e. The average molecular weight is 322 g/mol. The molecule has 4 nitrogen and oxygen atoms in total. The minimum atomic E-state index is -0.239. The first-order chi connectivity index (χ1) is 11.8. The maximum Gasteiger partial charge on any atom is 0.275 e. The summed E-state index contributed by atoms with van der Waals surface area (Å²) in [6, 6.07) is 15.5. The lowest BCUT2D eigenvalue weighted by Crippen LogP contribution is -2.22. The van der Waals surface area contributed by atoms with Gasteiger partial charge >= 0.3 is 0 Å². The van der Waals surface area contributed by atoms with E-state index in [0.29, 0.717) is 17.9 Å². The zero-order valence-electron chi connectivity index (χ0n) is 13.9. The van der Waals surface area contributed by atoms with Crippen molar-refractivity contribution >= 4 is 11.6 Å². The van der Waals surface area contributed by atoms with Gasteiger partial charge in [-0.05, 0) is 43.4 Å². The molecular formula is C20H22N2O2. The van der Waals surface area contributed by atoms with Crippen LogP contribution in [0.3, 0.4) is 0 Å². The van der Waals surface area contributed by atoms with Gasteiger partial charge in [-0.25, -0.2) is 5.43 Å². The number of hydrazone groups is 1. The van der Waals surface area contributed by atoms with Gasteiger partial charge in [-0.3, -0.25) is 4.79 Å². The molecule has 2 aromatic rings. The number of hydrogen-bond donors (Lipinski definition) is 1. The first-order valence-corrected chi connectivity index (χ1v) is 8.46. The lowest BCUT2D eigenvalue weighted by molar-refractivity contribution is 0.0950. The van der Waals surface area contributed by atoms with Crippen molar-refractivity contribution in [1.82, 2.24) is 5.43 Å². The lowest BCUT2D eigenvalue weighted by atomic mass is 9.90. The van der Waals surface area contributed by atoms with Gasteiger partial charge in [0, 0.05) is 5.56 Å². The third-order valence-corrected chi connectivity index (χ3v) is 4.07. The number of amides is 1. The summed E-state index contributed by atoms with van der Waals surface area (Å²) in [7, 11) is 0. The molecule has 4 heteroatoms. The molecule has 1 aliphatic rings. The Labute approximate surface area is 142 Å². The summed E-state index contributed by atoms with van der Waals surface area (Å²) in [5, 5.41) is 4.38. The van der Waals surface area contributed by atoms with E-state index in [0.717, 1.165) is 37.0 Å².